The molecule has 0 saturated carbocycles. The highest BCUT2D eigenvalue weighted by Gasteiger charge is 2.22. The minimum absolute atomic E-state index is 0.0861. The Balaban J connectivity index is 1.62. The lowest BCUT2D eigenvalue weighted by Gasteiger charge is -2.18. The van der Waals surface area contributed by atoms with Gasteiger partial charge in [-0.25, -0.2) is 13.2 Å². The van der Waals surface area contributed by atoms with Gasteiger partial charge in [0, 0.05) is 31.9 Å². The van der Waals surface area contributed by atoms with Gasteiger partial charge in [-0.2, -0.15) is 4.31 Å². The SMILES string of the molecule is CCN(CC)S(=O)(=O)c1ccc(NC(=O)COC(=O)c2ccc(Sc3nncn3C)c([N+](=O)[O-])c2)cc1. The van der Waals surface area contributed by atoms with Crippen molar-refractivity contribution in [3.8, 4) is 0 Å². The van der Waals surface area contributed by atoms with E-state index in [0.29, 0.717) is 23.9 Å². The molecule has 0 bridgehead atoms. The van der Waals surface area contributed by atoms with Crippen molar-refractivity contribution < 1.29 is 27.7 Å². The monoisotopic (exact) mass is 548 g/mol. The zero-order chi connectivity index (χ0) is 27.2. The Morgan fingerprint density at radius 3 is 2.41 bits per heavy atom. The summed E-state index contributed by atoms with van der Waals surface area (Å²) in [6, 6.07) is 9.39. The lowest BCUT2D eigenvalue weighted by Crippen LogP contribution is -2.30. The number of esters is 1. The number of hydrogen-bond acceptors (Lipinski definition) is 10. The van der Waals surface area contributed by atoms with E-state index in [9.17, 15) is 28.1 Å². The Labute approximate surface area is 217 Å². The van der Waals surface area contributed by atoms with E-state index < -0.39 is 33.4 Å². The summed E-state index contributed by atoms with van der Waals surface area (Å²) in [5.74, 6) is -1.59. The lowest BCUT2D eigenvalue weighted by molar-refractivity contribution is -0.387. The molecule has 0 radical (unpaired) electrons. The molecule has 0 aliphatic carbocycles. The van der Waals surface area contributed by atoms with E-state index in [1.54, 1.807) is 25.5 Å². The fourth-order valence-electron chi connectivity index (χ4n) is 3.17. The number of nitrogens with zero attached hydrogens (tertiary/aromatic N) is 5. The molecule has 0 aliphatic rings. The molecule has 0 unspecified atom stereocenters. The second kappa shape index (κ2) is 11.9. The Morgan fingerprint density at radius 2 is 1.84 bits per heavy atom. The van der Waals surface area contributed by atoms with Gasteiger partial charge < -0.3 is 14.6 Å². The highest BCUT2D eigenvalue weighted by atomic mass is 32.2. The van der Waals surface area contributed by atoms with Gasteiger partial charge in [-0.15, -0.1) is 10.2 Å². The summed E-state index contributed by atoms with van der Waals surface area (Å²) >= 11 is 1.01. The molecule has 0 spiro atoms. The molecule has 15 heteroatoms. The second-order valence-corrected chi connectivity index (χ2v) is 10.5. The summed E-state index contributed by atoms with van der Waals surface area (Å²) in [6.07, 6.45) is 1.45. The van der Waals surface area contributed by atoms with Crippen molar-refractivity contribution in [3.05, 3.63) is 64.5 Å². The van der Waals surface area contributed by atoms with Crippen molar-refractivity contribution in [2.45, 2.75) is 28.8 Å². The van der Waals surface area contributed by atoms with Gasteiger partial charge in [-0.1, -0.05) is 13.8 Å². The molecule has 3 aromatic rings. The predicted octanol–water partition coefficient (Wildman–Crippen LogP) is 2.70. The maximum Gasteiger partial charge on any atom is 0.338 e. The maximum absolute atomic E-state index is 12.6. The van der Waals surface area contributed by atoms with Crippen LogP contribution in [0.5, 0.6) is 0 Å². The van der Waals surface area contributed by atoms with Crippen molar-refractivity contribution in [3.63, 3.8) is 0 Å². The molecule has 0 atom stereocenters. The van der Waals surface area contributed by atoms with Crippen LogP contribution in [0.2, 0.25) is 0 Å². The first-order valence-corrected chi connectivity index (χ1v) is 13.2. The largest absolute Gasteiger partial charge is 0.452 e. The molecule has 1 amide bonds. The van der Waals surface area contributed by atoms with Gasteiger partial charge in [0.05, 0.1) is 20.3 Å². The van der Waals surface area contributed by atoms with Crippen LogP contribution in [0.25, 0.3) is 0 Å². The van der Waals surface area contributed by atoms with E-state index in [1.807, 2.05) is 0 Å². The number of aryl methyl sites for hydroxylation is 1. The third-order valence-corrected chi connectivity index (χ3v) is 8.26. The fourth-order valence-corrected chi connectivity index (χ4v) is 5.48. The molecule has 196 valence electrons. The van der Waals surface area contributed by atoms with Crippen LogP contribution in [0.3, 0.4) is 0 Å². The summed E-state index contributed by atoms with van der Waals surface area (Å²) in [7, 11) is -1.95. The van der Waals surface area contributed by atoms with Gasteiger partial charge in [0.2, 0.25) is 10.0 Å². The van der Waals surface area contributed by atoms with Crippen molar-refractivity contribution in [2.75, 3.05) is 25.0 Å². The van der Waals surface area contributed by atoms with Crippen molar-refractivity contribution in [2.24, 2.45) is 7.05 Å². The predicted molar refractivity (Wildman–Crippen MR) is 134 cm³/mol. The van der Waals surface area contributed by atoms with E-state index >= 15 is 0 Å². The van der Waals surface area contributed by atoms with Crippen LogP contribution in [0.15, 0.2) is 63.7 Å². The van der Waals surface area contributed by atoms with Crippen LogP contribution in [0.4, 0.5) is 11.4 Å². The number of anilines is 1. The second-order valence-electron chi connectivity index (χ2n) is 7.50. The first-order chi connectivity index (χ1) is 17.6. The van der Waals surface area contributed by atoms with Crippen molar-refractivity contribution >= 4 is 45.0 Å². The zero-order valence-electron chi connectivity index (χ0n) is 20.2. The number of benzene rings is 2. The molecule has 2 aromatic carbocycles. The van der Waals surface area contributed by atoms with Gasteiger partial charge in [0.1, 0.15) is 6.33 Å². The van der Waals surface area contributed by atoms with Crippen LogP contribution in [-0.2, 0) is 26.6 Å². The topological polar surface area (TPSA) is 167 Å². The third kappa shape index (κ3) is 6.69. The number of sulfonamides is 1. The molecular formula is C22H24N6O7S2. The number of nitrogens with one attached hydrogen (secondary N) is 1. The number of hydrogen-bond donors (Lipinski definition) is 1. The molecule has 37 heavy (non-hydrogen) atoms. The first-order valence-electron chi connectivity index (χ1n) is 10.9. The minimum Gasteiger partial charge on any atom is -0.452 e. The summed E-state index contributed by atoms with van der Waals surface area (Å²) in [6.45, 7) is 3.48. The Hall–Kier alpha value is -3.82. The molecule has 0 saturated heterocycles. The molecule has 3 rings (SSSR count). The van der Waals surface area contributed by atoms with Crippen molar-refractivity contribution in [1.82, 2.24) is 19.1 Å². The van der Waals surface area contributed by atoms with Crippen molar-refractivity contribution in [1.29, 1.82) is 0 Å². The van der Waals surface area contributed by atoms with Gasteiger partial charge in [0.15, 0.2) is 11.8 Å². The highest BCUT2D eigenvalue weighted by molar-refractivity contribution is 7.99. The average molecular weight is 549 g/mol. The summed E-state index contributed by atoms with van der Waals surface area (Å²) in [5.41, 5.74) is -0.125. The lowest BCUT2D eigenvalue weighted by atomic mass is 10.2. The number of ether oxygens (including phenoxy) is 1. The van der Waals surface area contributed by atoms with Crippen LogP contribution in [0.1, 0.15) is 24.2 Å². The summed E-state index contributed by atoms with van der Waals surface area (Å²) < 4.78 is 33.0. The molecule has 0 aliphatic heterocycles. The summed E-state index contributed by atoms with van der Waals surface area (Å²) in [4.78, 5) is 35.9. The first kappa shape index (κ1) is 27.8. The van der Waals surface area contributed by atoms with Gasteiger partial charge in [-0.05, 0) is 48.2 Å². The van der Waals surface area contributed by atoms with Crippen LogP contribution in [0, 0.1) is 10.1 Å². The van der Waals surface area contributed by atoms with Crippen LogP contribution in [-0.4, -0.2) is 64.0 Å². The van der Waals surface area contributed by atoms with Crippen LogP contribution < -0.4 is 5.32 Å². The molecule has 13 nitrogen and oxygen atoms in total. The third-order valence-electron chi connectivity index (χ3n) is 5.08. The standard InChI is InChI=1S/C22H24N6O7S2/c1-4-27(5-2)37(33,34)17-9-7-16(8-10-17)24-20(29)13-35-21(30)15-6-11-19(18(12-15)28(31)32)36-22-25-23-14-26(22)3/h6-12,14H,4-5,13H2,1-3H3,(H,24,29). The Kier molecular flexibility index (Phi) is 8.96. The number of aromatic nitrogens is 3. The smallest absolute Gasteiger partial charge is 0.338 e. The minimum atomic E-state index is -3.63. The summed E-state index contributed by atoms with van der Waals surface area (Å²) in [5, 5.41) is 22.0. The Morgan fingerprint density at radius 1 is 1.16 bits per heavy atom. The molecule has 1 aromatic heterocycles. The highest BCUT2D eigenvalue weighted by Crippen LogP contribution is 2.34. The van der Waals surface area contributed by atoms with Crippen LogP contribution >= 0.6 is 11.8 Å². The Bertz CT molecular complexity index is 1400. The number of nitro benzene ring substituents is 1. The molecule has 0 fully saturated rings. The molecular weight excluding hydrogens is 524 g/mol. The van der Waals surface area contributed by atoms with E-state index in [2.05, 4.69) is 15.5 Å². The van der Waals surface area contributed by atoms with Gasteiger partial charge in [0.25, 0.3) is 11.6 Å². The fraction of sp³-hybridized carbons (Fsp3) is 0.273. The van der Waals surface area contributed by atoms with E-state index in [4.69, 9.17) is 4.74 Å². The number of carbonyl (C=O) groups excluding carboxylic acids is 2. The average Bonchev–Trinajstić information content (AvgIpc) is 3.27. The van der Waals surface area contributed by atoms with E-state index in [1.165, 1.54) is 47.0 Å². The van der Waals surface area contributed by atoms with E-state index in [-0.39, 0.29) is 21.0 Å². The zero-order valence-corrected chi connectivity index (χ0v) is 21.8. The van der Waals surface area contributed by atoms with Gasteiger partial charge in [-0.3, -0.25) is 14.9 Å². The number of rotatable bonds is 11. The number of amides is 1. The quantitative estimate of drug-likeness (QED) is 0.214. The number of carbonyl (C=O) groups is 2. The molecule has 1 N–H and O–H groups in total. The molecule has 1 heterocycles. The van der Waals surface area contributed by atoms with E-state index in [0.717, 1.165) is 17.8 Å². The maximum atomic E-state index is 12.6. The normalized spacial score (nSPS) is 11.4. The number of nitro groups is 1. The van der Waals surface area contributed by atoms with Gasteiger partial charge >= 0.3 is 5.97 Å².